The zero-order chi connectivity index (χ0) is 11.7. The molecule has 92 valence electrons. The molecule has 2 atom stereocenters. The van der Waals surface area contributed by atoms with Crippen molar-refractivity contribution in [3.05, 3.63) is 0 Å². The van der Waals surface area contributed by atoms with Crippen molar-refractivity contribution < 1.29 is 0 Å². The van der Waals surface area contributed by atoms with Gasteiger partial charge in [0.25, 0.3) is 0 Å². The van der Waals surface area contributed by atoms with Crippen LogP contribution in [0.2, 0.25) is 0 Å². The Morgan fingerprint density at radius 2 is 1.87 bits per heavy atom. The van der Waals surface area contributed by atoms with Gasteiger partial charge in [-0.05, 0) is 57.7 Å². The van der Waals surface area contributed by atoms with Crippen molar-refractivity contribution in [3.8, 4) is 0 Å². The molecule has 0 N–H and O–H groups in total. The monoisotopic (exact) mass is 251 g/mol. The quantitative estimate of drug-likeness (QED) is 0.575. The van der Waals surface area contributed by atoms with Crippen molar-refractivity contribution in [1.82, 2.24) is 4.90 Å². The fourth-order valence-corrected chi connectivity index (χ4v) is 2.43. The lowest BCUT2D eigenvalue weighted by molar-refractivity contribution is 0.235. The highest BCUT2D eigenvalue weighted by Crippen LogP contribution is 2.12. The van der Waals surface area contributed by atoms with Gasteiger partial charge in [-0.3, -0.25) is 0 Å². The highest BCUT2D eigenvalue weighted by molar-refractivity contribution is 7.98. The molecule has 0 aliphatic rings. The molecule has 2 unspecified atom stereocenters. The highest BCUT2D eigenvalue weighted by atomic mass is 35.5. The molecule has 1 nitrogen and oxygen atoms in total. The molecule has 15 heavy (non-hydrogen) atoms. The second kappa shape index (κ2) is 9.80. The van der Waals surface area contributed by atoms with Gasteiger partial charge in [0.1, 0.15) is 0 Å². The lowest BCUT2D eigenvalue weighted by atomic mass is 10.0. The standard InChI is InChI=1S/C12H26ClNS/c1-11(5-8-13)6-9-14(3)12(2)7-10-15-4/h11-12H,5-10H2,1-4H3. The summed E-state index contributed by atoms with van der Waals surface area (Å²) in [5, 5.41) is 0. The van der Waals surface area contributed by atoms with Gasteiger partial charge in [0, 0.05) is 11.9 Å². The summed E-state index contributed by atoms with van der Waals surface area (Å²) in [6.45, 7) is 5.82. The topological polar surface area (TPSA) is 3.24 Å². The van der Waals surface area contributed by atoms with Gasteiger partial charge >= 0.3 is 0 Å². The Bertz CT molecular complexity index is 144. The number of halogens is 1. The van der Waals surface area contributed by atoms with Crippen molar-refractivity contribution in [1.29, 1.82) is 0 Å². The van der Waals surface area contributed by atoms with Gasteiger partial charge in [0.05, 0.1) is 0 Å². The summed E-state index contributed by atoms with van der Waals surface area (Å²) in [5.41, 5.74) is 0. The van der Waals surface area contributed by atoms with Gasteiger partial charge in [-0.2, -0.15) is 11.8 Å². The van der Waals surface area contributed by atoms with Crippen LogP contribution in [0.4, 0.5) is 0 Å². The summed E-state index contributed by atoms with van der Waals surface area (Å²) in [7, 11) is 2.23. The van der Waals surface area contributed by atoms with Crippen LogP contribution in [0.15, 0.2) is 0 Å². The molecule has 0 heterocycles. The molecule has 0 rings (SSSR count). The maximum absolute atomic E-state index is 5.73. The zero-order valence-electron chi connectivity index (χ0n) is 10.6. The van der Waals surface area contributed by atoms with Crippen molar-refractivity contribution in [2.75, 3.05) is 31.5 Å². The number of alkyl halides is 1. The molecule has 0 saturated carbocycles. The SMILES string of the molecule is CSCCC(C)N(C)CCC(C)CCCl. The second-order valence-corrected chi connectivity index (χ2v) is 5.85. The third kappa shape index (κ3) is 8.41. The Kier molecular flexibility index (Phi) is 10.2. The Balaban J connectivity index is 3.57. The molecule has 0 aromatic carbocycles. The molecule has 3 heteroatoms. The summed E-state index contributed by atoms with van der Waals surface area (Å²) in [5.74, 6) is 2.83. The van der Waals surface area contributed by atoms with Crippen LogP contribution >= 0.6 is 23.4 Å². The third-order valence-corrected chi connectivity index (χ3v) is 3.93. The van der Waals surface area contributed by atoms with Gasteiger partial charge in [0.15, 0.2) is 0 Å². The first kappa shape index (κ1) is 15.6. The summed E-state index contributed by atoms with van der Waals surface area (Å²) >= 11 is 7.66. The van der Waals surface area contributed by atoms with E-state index in [4.69, 9.17) is 11.6 Å². The summed E-state index contributed by atoms with van der Waals surface area (Å²) in [6.07, 6.45) is 5.89. The molecule has 0 saturated heterocycles. The number of thioether (sulfide) groups is 1. The van der Waals surface area contributed by atoms with E-state index in [0.717, 1.165) is 18.2 Å². The average Bonchev–Trinajstić information content (AvgIpc) is 2.22. The molecular formula is C12H26ClNS. The van der Waals surface area contributed by atoms with Crippen LogP contribution in [0, 0.1) is 5.92 Å². The highest BCUT2D eigenvalue weighted by Gasteiger charge is 2.10. The summed E-state index contributed by atoms with van der Waals surface area (Å²) < 4.78 is 0. The van der Waals surface area contributed by atoms with Gasteiger partial charge < -0.3 is 4.90 Å². The van der Waals surface area contributed by atoms with Gasteiger partial charge in [0.2, 0.25) is 0 Å². The number of hydrogen-bond acceptors (Lipinski definition) is 2. The van der Waals surface area contributed by atoms with Crippen molar-refractivity contribution >= 4 is 23.4 Å². The van der Waals surface area contributed by atoms with E-state index in [0.29, 0.717) is 6.04 Å². The molecule has 0 spiro atoms. The second-order valence-electron chi connectivity index (χ2n) is 4.48. The van der Waals surface area contributed by atoms with E-state index in [9.17, 15) is 0 Å². The average molecular weight is 252 g/mol. The minimum Gasteiger partial charge on any atom is -0.304 e. The van der Waals surface area contributed by atoms with Crippen LogP contribution in [-0.2, 0) is 0 Å². The smallest absolute Gasteiger partial charge is 0.0225 e. The van der Waals surface area contributed by atoms with Crippen LogP contribution in [0.25, 0.3) is 0 Å². The van der Waals surface area contributed by atoms with Crippen LogP contribution in [0.1, 0.15) is 33.1 Å². The maximum Gasteiger partial charge on any atom is 0.0225 e. The first-order chi connectivity index (χ1) is 7.11. The summed E-state index contributed by atoms with van der Waals surface area (Å²) in [4.78, 5) is 2.47. The van der Waals surface area contributed by atoms with Crippen molar-refractivity contribution in [2.24, 2.45) is 5.92 Å². The Hall–Kier alpha value is 0.600. The molecule has 0 amide bonds. The van der Waals surface area contributed by atoms with E-state index in [1.807, 2.05) is 11.8 Å². The first-order valence-electron chi connectivity index (χ1n) is 5.87. The lowest BCUT2D eigenvalue weighted by Crippen LogP contribution is -2.31. The fraction of sp³-hybridized carbons (Fsp3) is 1.00. The number of rotatable bonds is 9. The zero-order valence-corrected chi connectivity index (χ0v) is 12.2. The summed E-state index contributed by atoms with van der Waals surface area (Å²) in [6, 6.07) is 0.709. The van der Waals surface area contributed by atoms with Crippen LogP contribution in [-0.4, -0.2) is 42.4 Å². The van der Waals surface area contributed by atoms with Gasteiger partial charge in [-0.25, -0.2) is 0 Å². The molecule has 0 bridgehead atoms. The molecule has 0 aliphatic carbocycles. The molecular weight excluding hydrogens is 226 g/mol. The van der Waals surface area contributed by atoms with Crippen molar-refractivity contribution in [3.63, 3.8) is 0 Å². The van der Waals surface area contributed by atoms with Gasteiger partial charge in [-0.1, -0.05) is 6.92 Å². The van der Waals surface area contributed by atoms with E-state index in [2.05, 4.69) is 32.1 Å². The number of hydrogen-bond donors (Lipinski definition) is 0. The third-order valence-electron chi connectivity index (χ3n) is 3.07. The van der Waals surface area contributed by atoms with E-state index in [1.165, 1.54) is 25.1 Å². The Labute approximate surface area is 105 Å². The predicted molar refractivity (Wildman–Crippen MR) is 74.2 cm³/mol. The van der Waals surface area contributed by atoms with E-state index in [-0.39, 0.29) is 0 Å². The minimum atomic E-state index is 0.709. The molecule has 0 fully saturated rings. The minimum absolute atomic E-state index is 0.709. The van der Waals surface area contributed by atoms with Crippen LogP contribution in [0.5, 0.6) is 0 Å². The predicted octanol–water partition coefficient (Wildman–Crippen LogP) is 3.71. The largest absolute Gasteiger partial charge is 0.304 e. The molecule has 0 aromatic heterocycles. The first-order valence-corrected chi connectivity index (χ1v) is 7.79. The van der Waals surface area contributed by atoms with Gasteiger partial charge in [-0.15, -0.1) is 11.6 Å². The van der Waals surface area contributed by atoms with E-state index >= 15 is 0 Å². The molecule has 0 aromatic rings. The van der Waals surface area contributed by atoms with Crippen LogP contribution < -0.4 is 0 Å². The Morgan fingerprint density at radius 3 is 2.40 bits per heavy atom. The van der Waals surface area contributed by atoms with E-state index < -0.39 is 0 Å². The molecule has 0 radical (unpaired) electrons. The maximum atomic E-state index is 5.73. The lowest BCUT2D eigenvalue weighted by Gasteiger charge is -2.25. The number of nitrogens with zero attached hydrogens (tertiary/aromatic N) is 1. The van der Waals surface area contributed by atoms with Crippen molar-refractivity contribution in [2.45, 2.75) is 39.2 Å². The van der Waals surface area contributed by atoms with Crippen LogP contribution in [0.3, 0.4) is 0 Å². The van der Waals surface area contributed by atoms with E-state index in [1.54, 1.807) is 0 Å². The normalized spacial score (nSPS) is 15.6. The Morgan fingerprint density at radius 1 is 1.20 bits per heavy atom. The molecule has 0 aliphatic heterocycles. The fourth-order valence-electron chi connectivity index (χ4n) is 1.48.